The van der Waals surface area contributed by atoms with E-state index in [0.29, 0.717) is 18.0 Å². The van der Waals surface area contributed by atoms with Crippen molar-refractivity contribution in [3.8, 4) is 0 Å². The smallest absolute Gasteiger partial charge is 0.423 e. The second-order valence-corrected chi connectivity index (χ2v) is 2.94. The fourth-order valence-corrected chi connectivity index (χ4v) is 0.989. The SMILES string of the molecule is CCCC(=N)c1ncc(B(O)O)cn1. The molecule has 0 spiro atoms. The molecule has 1 rings (SSSR count). The fraction of sp³-hybridized carbons (Fsp3) is 0.375. The molecule has 0 amide bonds. The summed E-state index contributed by atoms with van der Waals surface area (Å²) in [7, 11) is -1.55. The normalized spacial score (nSPS) is 9.93. The Balaban J connectivity index is 2.78. The predicted molar refractivity (Wildman–Crippen MR) is 53.6 cm³/mol. The summed E-state index contributed by atoms with van der Waals surface area (Å²) >= 11 is 0. The van der Waals surface area contributed by atoms with Crippen LogP contribution in [0.25, 0.3) is 0 Å². The van der Waals surface area contributed by atoms with Crippen LogP contribution >= 0.6 is 0 Å². The van der Waals surface area contributed by atoms with Crippen LogP contribution in [0.1, 0.15) is 25.6 Å². The van der Waals surface area contributed by atoms with Gasteiger partial charge in [0.2, 0.25) is 0 Å². The Morgan fingerprint density at radius 3 is 2.43 bits per heavy atom. The maximum Gasteiger partial charge on any atom is 0.491 e. The molecule has 1 aromatic rings. The second-order valence-electron chi connectivity index (χ2n) is 2.94. The number of rotatable bonds is 4. The van der Waals surface area contributed by atoms with Crippen molar-refractivity contribution in [1.82, 2.24) is 9.97 Å². The first-order chi connectivity index (χ1) is 6.65. The van der Waals surface area contributed by atoms with Crippen molar-refractivity contribution in [2.24, 2.45) is 0 Å². The van der Waals surface area contributed by atoms with Gasteiger partial charge >= 0.3 is 7.12 Å². The van der Waals surface area contributed by atoms with E-state index in [4.69, 9.17) is 15.5 Å². The highest BCUT2D eigenvalue weighted by molar-refractivity contribution is 6.58. The summed E-state index contributed by atoms with van der Waals surface area (Å²) < 4.78 is 0. The zero-order chi connectivity index (χ0) is 10.6. The van der Waals surface area contributed by atoms with Crippen molar-refractivity contribution < 1.29 is 10.0 Å². The van der Waals surface area contributed by atoms with Gasteiger partial charge in [0.1, 0.15) is 0 Å². The largest absolute Gasteiger partial charge is 0.491 e. The number of hydrogen-bond acceptors (Lipinski definition) is 5. The van der Waals surface area contributed by atoms with E-state index >= 15 is 0 Å². The molecular weight excluding hydrogens is 181 g/mol. The van der Waals surface area contributed by atoms with Crippen molar-refractivity contribution in [3.05, 3.63) is 18.2 Å². The lowest BCUT2D eigenvalue weighted by Crippen LogP contribution is -2.31. The number of hydrogen-bond donors (Lipinski definition) is 3. The minimum atomic E-state index is -1.55. The second kappa shape index (κ2) is 4.83. The Hall–Kier alpha value is -1.27. The fourth-order valence-electron chi connectivity index (χ4n) is 0.989. The van der Waals surface area contributed by atoms with E-state index in [2.05, 4.69) is 9.97 Å². The molecule has 3 N–H and O–H groups in total. The molecule has 0 aliphatic rings. The molecule has 0 saturated heterocycles. The maximum absolute atomic E-state index is 8.78. The van der Waals surface area contributed by atoms with E-state index in [9.17, 15) is 0 Å². The van der Waals surface area contributed by atoms with Crippen LogP contribution in [0.2, 0.25) is 0 Å². The molecule has 14 heavy (non-hydrogen) atoms. The van der Waals surface area contributed by atoms with Crippen LogP contribution in [-0.2, 0) is 0 Å². The molecule has 5 nitrogen and oxygen atoms in total. The lowest BCUT2D eigenvalue weighted by Gasteiger charge is -2.01. The molecule has 0 aliphatic carbocycles. The van der Waals surface area contributed by atoms with Gasteiger partial charge in [-0.2, -0.15) is 0 Å². The third-order valence-corrected chi connectivity index (χ3v) is 1.74. The summed E-state index contributed by atoms with van der Waals surface area (Å²) in [6.07, 6.45) is 4.13. The highest BCUT2D eigenvalue weighted by Crippen LogP contribution is 1.96. The molecule has 1 aromatic heterocycles. The van der Waals surface area contributed by atoms with Gasteiger partial charge in [-0.25, -0.2) is 9.97 Å². The Morgan fingerprint density at radius 1 is 1.43 bits per heavy atom. The molecule has 0 radical (unpaired) electrons. The summed E-state index contributed by atoms with van der Waals surface area (Å²) in [5.74, 6) is 0.344. The monoisotopic (exact) mass is 193 g/mol. The summed E-state index contributed by atoms with van der Waals surface area (Å²) in [6.45, 7) is 1.97. The Morgan fingerprint density at radius 2 is 2.00 bits per heavy atom. The van der Waals surface area contributed by atoms with E-state index in [1.165, 1.54) is 12.4 Å². The molecule has 0 bridgehead atoms. The highest BCUT2D eigenvalue weighted by atomic mass is 16.4. The molecule has 1 heterocycles. The Bertz CT molecular complexity index is 313. The van der Waals surface area contributed by atoms with Gasteiger partial charge in [-0.05, 0) is 6.42 Å². The third-order valence-electron chi connectivity index (χ3n) is 1.74. The van der Waals surface area contributed by atoms with Crippen molar-refractivity contribution >= 4 is 18.3 Å². The quantitative estimate of drug-likeness (QED) is 0.436. The van der Waals surface area contributed by atoms with E-state index in [0.717, 1.165) is 6.42 Å². The zero-order valence-corrected chi connectivity index (χ0v) is 7.94. The van der Waals surface area contributed by atoms with Crippen molar-refractivity contribution in [2.75, 3.05) is 0 Å². The minimum Gasteiger partial charge on any atom is -0.423 e. The van der Waals surface area contributed by atoms with E-state index < -0.39 is 7.12 Å². The molecule has 0 aliphatic heterocycles. The summed E-state index contributed by atoms with van der Waals surface area (Å²) in [5.41, 5.74) is 0.601. The van der Waals surface area contributed by atoms with Gasteiger partial charge in [-0.3, -0.25) is 0 Å². The topological polar surface area (TPSA) is 90.1 Å². The van der Waals surface area contributed by atoms with E-state index in [1.807, 2.05) is 6.92 Å². The van der Waals surface area contributed by atoms with Crippen molar-refractivity contribution in [3.63, 3.8) is 0 Å². The molecule has 0 aromatic carbocycles. The van der Waals surface area contributed by atoms with Crippen LogP contribution in [-0.4, -0.2) is 32.8 Å². The highest BCUT2D eigenvalue weighted by Gasteiger charge is 2.12. The number of aromatic nitrogens is 2. The van der Waals surface area contributed by atoms with Gasteiger partial charge in [0.25, 0.3) is 0 Å². The Labute approximate surface area is 82.5 Å². The summed E-state index contributed by atoms with van der Waals surface area (Å²) in [4.78, 5) is 7.73. The molecule has 0 unspecified atom stereocenters. The summed E-state index contributed by atoms with van der Waals surface area (Å²) in [6, 6.07) is 0. The first kappa shape index (κ1) is 10.8. The molecule has 74 valence electrons. The van der Waals surface area contributed by atoms with Crippen LogP contribution < -0.4 is 5.46 Å². The van der Waals surface area contributed by atoms with Crippen LogP contribution in [0.4, 0.5) is 0 Å². The predicted octanol–water partition coefficient (Wildman–Crippen LogP) is -0.676. The van der Waals surface area contributed by atoms with Crippen LogP contribution in [0.3, 0.4) is 0 Å². The molecular formula is C8H12BN3O2. The van der Waals surface area contributed by atoms with Crippen molar-refractivity contribution in [1.29, 1.82) is 5.41 Å². The molecule has 0 saturated carbocycles. The van der Waals surface area contributed by atoms with Crippen molar-refractivity contribution in [2.45, 2.75) is 19.8 Å². The number of nitrogens with one attached hydrogen (secondary N) is 1. The first-order valence-corrected chi connectivity index (χ1v) is 4.41. The van der Waals surface area contributed by atoms with Crippen LogP contribution in [0, 0.1) is 5.41 Å². The third kappa shape index (κ3) is 2.61. The Kier molecular flexibility index (Phi) is 3.73. The van der Waals surface area contributed by atoms with Gasteiger partial charge in [-0.1, -0.05) is 13.3 Å². The lowest BCUT2D eigenvalue weighted by atomic mass is 9.83. The average molecular weight is 193 g/mol. The number of nitrogens with zero attached hydrogens (tertiary/aromatic N) is 2. The van der Waals surface area contributed by atoms with Crippen LogP contribution in [0.15, 0.2) is 12.4 Å². The lowest BCUT2D eigenvalue weighted by molar-refractivity contribution is 0.425. The van der Waals surface area contributed by atoms with Gasteiger partial charge in [0, 0.05) is 17.9 Å². The average Bonchev–Trinajstić information content (AvgIpc) is 2.18. The van der Waals surface area contributed by atoms with Gasteiger partial charge in [-0.15, -0.1) is 0 Å². The van der Waals surface area contributed by atoms with Gasteiger partial charge < -0.3 is 15.5 Å². The van der Waals surface area contributed by atoms with Gasteiger partial charge in [0.15, 0.2) is 5.82 Å². The molecule has 0 atom stereocenters. The first-order valence-electron chi connectivity index (χ1n) is 4.41. The van der Waals surface area contributed by atoms with E-state index in [1.54, 1.807) is 0 Å². The van der Waals surface area contributed by atoms with Crippen LogP contribution in [0.5, 0.6) is 0 Å². The molecule has 0 fully saturated rings. The maximum atomic E-state index is 8.78. The van der Waals surface area contributed by atoms with Gasteiger partial charge in [0.05, 0.1) is 5.71 Å². The molecule has 6 heteroatoms. The summed E-state index contributed by atoms with van der Waals surface area (Å²) in [5, 5.41) is 25.1. The minimum absolute atomic E-state index is 0.234. The standard InChI is InChI=1S/C8H12BN3O2/c1-2-3-7(10)8-11-4-6(5-12-8)9(13)14/h4-5,10,13-14H,2-3H2,1H3. The zero-order valence-electron chi connectivity index (χ0n) is 7.94. The van der Waals surface area contributed by atoms with E-state index in [-0.39, 0.29) is 5.46 Å².